The van der Waals surface area contributed by atoms with Crippen LogP contribution in [0.3, 0.4) is 0 Å². The molecule has 0 amide bonds. The summed E-state index contributed by atoms with van der Waals surface area (Å²) < 4.78 is 0. The SMILES string of the molecule is C[C@H]1N[C@H]([C@@H]2CC[C@H]3CCCCC[C@@](O)(CC(=O)O)CN[C@]4(C)C[C@H](N)N[C@H](C4)C4(CCCCC4)c4cccc(c4)C[C@H]3C2)CC[C@H]1O. The van der Waals surface area contributed by atoms with Crippen LogP contribution in [0.15, 0.2) is 24.3 Å². The second-order valence-electron chi connectivity index (χ2n) is 17.5. The van der Waals surface area contributed by atoms with Crippen molar-refractivity contribution < 1.29 is 20.1 Å². The maximum absolute atomic E-state index is 11.9. The van der Waals surface area contributed by atoms with Gasteiger partial charge in [-0.25, -0.2) is 0 Å². The summed E-state index contributed by atoms with van der Waals surface area (Å²) >= 11 is 0. The molecule has 48 heavy (non-hydrogen) atoms. The zero-order valence-corrected chi connectivity index (χ0v) is 29.9. The van der Waals surface area contributed by atoms with E-state index in [4.69, 9.17) is 5.73 Å². The fourth-order valence-corrected chi connectivity index (χ4v) is 11.0. The molecule has 5 aliphatic rings. The first-order valence-electron chi connectivity index (χ1n) is 19.7. The van der Waals surface area contributed by atoms with Crippen LogP contribution in [0.2, 0.25) is 0 Å². The summed E-state index contributed by atoms with van der Waals surface area (Å²) in [5.74, 6) is 1.01. The van der Waals surface area contributed by atoms with Crippen molar-refractivity contribution in [1.82, 2.24) is 16.0 Å². The van der Waals surface area contributed by atoms with Gasteiger partial charge in [0, 0.05) is 35.6 Å². The van der Waals surface area contributed by atoms with Crippen molar-refractivity contribution in [3.05, 3.63) is 35.4 Å². The average Bonchev–Trinajstić information content (AvgIpc) is 3.05. The van der Waals surface area contributed by atoms with Crippen molar-refractivity contribution in [2.75, 3.05) is 6.54 Å². The molecule has 1 aromatic rings. The van der Waals surface area contributed by atoms with Crippen molar-refractivity contribution in [3.8, 4) is 0 Å². The van der Waals surface area contributed by atoms with Gasteiger partial charge in [-0.3, -0.25) is 10.1 Å². The second kappa shape index (κ2) is 15.4. The molecule has 4 bridgehead atoms. The highest BCUT2D eigenvalue weighted by atomic mass is 16.4. The lowest BCUT2D eigenvalue weighted by Gasteiger charge is -2.53. The molecule has 0 aromatic heterocycles. The molecule has 270 valence electrons. The topological polar surface area (TPSA) is 140 Å². The molecule has 0 radical (unpaired) electrons. The third-order valence-electron chi connectivity index (χ3n) is 13.8. The molecule has 1 spiro atoms. The number of fused-ring (bicyclic) bond motifs is 7. The highest BCUT2D eigenvalue weighted by Crippen LogP contribution is 2.47. The Bertz CT molecular complexity index is 1220. The number of aliphatic hydroxyl groups is 2. The average molecular weight is 667 g/mol. The Hall–Kier alpha value is -1.55. The van der Waals surface area contributed by atoms with E-state index >= 15 is 0 Å². The van der Waals surface area contributed by atoms with Crippen LogP contribution in [0.1, 0.15) is 141 Å². The molecule has 2 saturated carbocycles. The molecule has 3 heterocycles. The first kappa shape index (κ1) is 36.2. The van der Waals surface area contributed by atoms with Crippen molar-refractivity contribution in [3.63, 3.8) is 0 Å². The number of aliphatic hydroxyl groups excluding tert-OH is 1. The predicted molar refractivity (Wildman–Crippen MR) is 192 cm³/mol. The summed E-state index contributed by atoms with van der Waals surface area (Å²) in [6.07, 6.45) is 18.5. The van der Waals surface area contributed by atoms with E-state index < -0.39 is 11.6 Å². The van der Waals surface area contributed by atoms with Gasteiger partial charge < -0.3 is 31.7 Å². The smallest absolute Gasteiger partial charge is 0.306 e. The molecular formula is C40H66N4O4. The van der Waals surface area contributed by atoms with Gasteiger partial charge in [0.05, 0.1) is 24.3 Å². The molecule has 8 heteroatoms. The Balaban J connectivity index is 1.31. The summed E-state index contributed by atoms with van der Waals surface area (Å²) in [4.78, 5) is 11.9. The van der Waals surface area contributed by atoms with E-state index in [2.05, 4.69) is 54.1 Å². The van der Waals surface area contributed by atoms with Crippen molar-refractivity contribution >= 4 is 5.97 Å². The van der Waals surface area contributed by atoms with Gasteiger partial charge in [0.15, 0.2) is 0 Å². The number of hydrogen-bond donors (Lipinski definition) is 7. The van der Waals surface area contributed by atoms with Gasteiger partial charge in [-0.15, -0.1) is 0 Å². The third kappa shape index (κ3) is 8.48. The molecule has 2 aliphatic carbocycles. The van der Waals surface area contributed by atoms with Gasteiger partial charge in [0.25, 0.3) is 0 Å². The van der Waals surface area contributed by atoms with Crippen LogP contribution in [0.25, 0.3) is 0 Å². The van der Waals surface area contributed by atoms with E-state index in [-0.39, 0.29) is 48.3 Å². The largest absolute Gasteiger partial charge is 0.481 e. The van der Waals surface area contributed by atoms with Crippen LogP contribution in [0, 0.1) is 17.8 Å². The lowest BCUT2D eigenvalue weighted by atomic mass is 9.61. The van der Waals surface area contributed by atoms with Gasteiger partial charge in [-0.05, 0) is 113 Å². The number of piperidine rings is 2. The molecule has 6 rings (SSSR count). The van der Waals surface area contributed by atoms with Crippen molar-refractivity contribution in [2.24, 2.45) is 23.5 Å². The number of hydrogen-bond acceptors (Lipinski definition) is 7. The number of carboxylic acid groups (broad SMARTS) is 1. The number of β-amino-alcohol motifs (C(OH)–C–C–N with tert-alkyl or cyclic N) is 1. The lowest BCUT2D eigenvalue weighted by molar-refractivity contribution is -0.143. The fourth-order valence-electron chi connectivity index (χ4n) is 11.0. The number of carbonyl (C=O) groups is 1. The minimum Gasteiger partial charge on any atom is -0.481 e. The van der Waals surface area contributed by atoms with E-state index in [1.807, 2.05) is 0 Å². The molecule has 0 unspecified atom stereocenters. The summed E-state index contributed by atoms with van der Waals surface area (Å²) in [7, 11) is 0. The molecule has 8 nitrogen and oxygen atoms in total. The molecule has 10 atom stereocenters. The second-order valence-corrected chi connectivity index (χ2v) is 17.5. The Morgan fingerprint density at radius 1 is 0.917 bits per heavy atom. The summed E-state index contributed by atoms with van der Waals surface area (Å²) in [6, 6.07) is 10.5. The number of aliphatic carboxylic acids is 1. The van der Waals surface area contributed by atoms with E-state index in [1.54, 1.807) is 0 Å². The maximum Gasteiger partial charge on any atom is 0.306 e. The molecule has 4 fully saturated rings. The summed E-state index contributed by atoms with van der Waals surface area (Å²) in [5, 5.41) is 43.2. The fraction of sp³-hybridized carbons (Fsp3) is 0.825. The number of carboxylic acids is 1. The summed E-state index contributed by atoms with van der Waals surface area (Å²) in [5.41, 5.74) is 8.13. The van der Waals surface area contributed by atoms with Crippen LogP contribution in [0.5, 0.6) is 0 Å². The standard InChI is InChI=1S/C40H66N4O4/c1-27-34(45)16-15-33(43-27)30-14-13-29-11-5-3-6-17-39(48,25-37(46)47)26-42-38(2)23-35(44-36(41)24-38)40(18-7-4-8-19-40)32-12-9-10-28(21-32)20-31(29)22-30/h9-10,12,21,27,29-31,33-36,42-45,48H,3-8,11,13-20,22-26,41H2,1-2H3,(H,46,47)/t27-,29-,30-,31+,33+,34-,35-,36-,38+,39-/m1/s1. The molecule has 3 aliphatic heterocycles. The normalized spacial score (nSPS) is 41.4. The zero-order chi connectivity index (χ0) is 33.9. The Kier molecular flexibility index (Phi) is 11.6. The Morgan fingerprint density at radius 3 is 2.44 bits per heavy atom. The molecule has 1 aromatic carbocycles. The lowest BCUT2D eigenvalue weighted by Crippen LogP contribution is -2.67. The number of benzene rings is 1. The number of nitrogens with two attached hydrogens (primary N) is 1. The minimum absolute atomic E-state index is 0.00443. The van der Waals surface area contributed by atoms with E-state index in [0.29, 0.717) is 30.2 Å². The van der Waals surface area contributed by atoms with Gasteiger partial charge in [0.2, 0.25) is 0 Å². The van der Waals surface area contributed by atoms with Gasteiger partial charge >= 0.3 is 5.97 Å². The predicted octanol–water partition coefficient (Wildman–Crippen LogP) is 5.52. The Morgan fingerprint density at radius 2 is 1.67 bits per heavy atom. The highest BCUT2D eigenvalue weighted by molar-refractivity contribution is 5.68. The zero-order valence-electron chi connectivity index (χ0n) is 29.9. The Labute approximate surface area is 289 Å². The number of nitrogens with one attached hydrogen (secondary N) is 3. The van der Waals surface area contributed by atoms with Crippen molar-refractivity contribution in [1.29, 1.82) is 0 Å². The minimum atomic E-state index is -1.28. The quantitative estimate of drug-likeness (QED) is 0.224. The van der Waals surface area contributed by atoms with E-state index in [0.717, 1.165) is 64.2 Å². The van der Waals surface area contributed by atoms with Crippen LogP contribution in [0.4, 0.5) is 0 Å². The van der Waals surface area contributed by atoms with Crippen LogP contribution >= 0.6 is 0 Å². The van der Waals surface area contributed by atoms with Crippen LogP contribution in [-0.4, -0.2) is 69.4 Å². The van der Waals surface area contributed by atoms with Gasteiger partial charge in [-0.1, -0.05) is 69.2 Å². The van der Waals surface area contributed by atoms with E-state index in [9.17, 15) is 20.1 Å². The van der Waals surface area contributed by atoms with Crippen LogP contribution < -0.4 is 21.7 Å². The van der Waals surface area contributed by atoms with Crippen LogP contribution in [-0.2, 0) is 16.6 Å². The highest BCUT2D eigenvalue weighted by Gasteiger charge is 2.48. The first-order valence-corrected chi connectivity index (χ1v) is 19.7. The molecular weight excluding hydrogens is 600 g/mol. The van der Waals surface area contributed by atoms with Crippen molar-refractivity contribution in [2.45, 2.75) is 183 Å². The third-order valence-corrected chi connectivity index (χ3v) is 13.8. The van der Waals surface area contributed by atoms with E-state index in [1.165, 1.54) is 56.1 Å². The number of rotatable bonds is 3. The van der Waals surface area contributed by atoms with Gasteiger partial charge in [-0.2, -0.15) is 0 Å². The molecule has 2 saturated heterocycles. The van der Waals surface area contributed by atoms with Gasteiger partial charge in [0.1, 0.15) is 0 Å². The monoisotopic (exact) mass is 667 g/mol. The summed E-state index contributed by atoms with van der Waals surface area (Å²) in [6.45, 7) is 4.64. The molecule has 8 N–H and O–H groups in total. The first-order chi connectivity index (χ1) is 23.0. The maximum atomic E-state index is 11.9.